The van der Waals surface area contributed by atoms with Crippen LogP contribution in [0.4, 0.5) is 5.69 Å². The van der Waals surface area contributed by atoms with Crippen molar-refractivity contribution in [3.63, 3.8) is 0 Å². The summed E-state index contributed by atoms with van der Waals surface area (Å²) in [5, 5.41) is 23.4. The first kappa shape index (κ1) is 20.8. The van der Waals surface area contributed by atoms with E-state index in [0.29, 0.717) is 5.56 Å². The summed E-state index contributed by atoms with van der Waals surface area (Å²) in [7, 11) is 0. The highest BCUT2D eigenvalue weighted by atomic mass is 35.5. The molecule has 1 heterocycles. The van der Waals surface area contributed by atoms with Crippen LogP contribution in [0.1, 0.15) is 24.3 Å². The molecule has 0 saturated carbocycles. The highest BCUT2D eigenvalue weighted by Crippen LogP contribution is 2.33. The molecule has 0 bridgehead atoms. The van der Waals surface area contributed by atoms with Crippen LogP contribution in [0.3, 0.4) is 0 Å². The van der Waals surface area contributed by atoms with Crippen molar-refractivity contribution in [2.75, 3.05) is 0 Å². The van der Waals surface area contributed by atoms with E-state index in [4.69, 9.17) is 16.0 Å². The lowest BCUT2D eigenvalue weighted by Crippen LogP contribution is -2.27. The van der Waals surface area contributed by atoms with Crippen molar-refractivity contribution in [3.8, 4) is 17.4 Å². The van der Waals surface area contributed by atoms with Gasteiger partial charge in [-0.05, 0) is 30.7 Å². The second-order valence-electron chi connectivity index (χ2n) is 6.40. The highest BCUT2D eigenvalue weighted by molar-refractivity contribution is 6.33. The molecule has 1 atom stereocenters. The summed E-state index contributed by atoms with van der Waals surface area (Å²) in [6, 6.07) is 18.1. The maximum Gasteiger partial charge on any atom is 0.270 e. The zero-order valence-corrected chi connectivity index (χ0v) is 16.6. The number of furan rings is 1. The number of hydrogen-bond donors (Lipinski definition) is 1. The molecule has 150 valence electrons. The Morgan fingerprint density at radius 3 is 2.63 bits per heavy atom. The number of nitrogens with zero attached hydrogens (tertiary/aromatic N) is 2. The maximum absolute atomic E-state index is 12.5. The van der Waals surface area contributed by atoms with E-state index in [0.717, 1.165) is 5.56 Å². The van der Waals surface area contributed by atoms with Gasteiger partial charge in [-0.25, -0.2) is 0 Å². The van der Waals surface area contributed by atoms with E-state index < -0.39 is 10.8 Å². The van der Waals surface area contributed by atoms with Crippen LogP contribution in [0, 0.1) is 21.4 Å². The van der Waals surface area contributed by atoms with E-state index in [1.54, 1.807) is 12.1 Å². The average Bonchev–Trinajstić information content (AvgIpc) is 3.21. The first-order valence-corrected chi connectivity index (χ1v) is 9.28. The molecule has 0 saturated heterocycles. The van der Waals surface area contributed by atoms with Crippen molar-refractivity contribution in [2.24, 2.45) is 0 Å². The van der Waals surface area contributed by atoms with Gasteiger partial charge in [0.1, 0.15) is 23.2 Å². The predicted octanol–water partition coefficient (Wildman–Crippen LogP) is 5.29. The minimum Gasteiger partial charge on any atom is -0.457 e. The maximum atomic E-state index is 12.5. The van der Waals surface area contributed by atoms with E-state index >= 15 is 0 Å². The molecular weight excluding hydrogens is 406 g/mol. The van der Waals surface area contributed by atoms with E-state index in [1.807, 2.05) is 43.3 Å². The molecule has 0 aliphatic heterocycles. The number of non-ortho nitro benzene ring substituents is 1. The van der Waals surface area contributed by atoms with Crippen LogP contribution >= 0.6 is 11.6 Å². The van der Waals surface area contributed by atoms with Crippen molar-refractivity contribution in [1.82, 2.24) is 5.32 Å². The number of carbonyl (C=O) groups excluding carboxylic acids is 1. The molecule has 1 aromatic heterocycles. The first-order chi connectivity index (χ1) is 14.4. The summed E-state index contributed by atoms with van der Waals surface area (Å²) in [5.41, 5.74) is 0.980. The second-order valence-corrected chi connectivity index (χ2v) is 6.81. The number of benzene rings is 2. The van der Waals surface area contributed by atoms with E-state index in [9.17, 15) is 20.2 Å². The minimum atomic E-state index is -0.541. The SMILES string of the molecule is C[C@H](NC(=O)/C(C#N)=C/c1ccc(-c2cc([N+](=O)[O-])ccc2Cl)o1)c1ccccc1. The molecule has 0 aliphatic rings. The lowest BCUT2D eigenvalue weighted by atomic mass is 10.1. The zero-order chi connectivity index (χ0) is 21.7. The lowest BCUT2D eigenvalue weighted by molar-refractivity contribution is -0.384. The smallest absolute Gasteiger partial charge is 0.270 e. The molecule has 1 amide bonds. The number of nitro benzene ring substituents is 1. The van der Waals surface area contributed by atoms with Crippen molar-refractivity contribution in [3.05, 3.63) is 92.7 Å². The summed E-state index contributed by atoms with van der Waals surface area (Å²) < 4.78 is 5.64. The molecule has 3 aromatic rings. The topological polar surface area (TPSA) is 109 Å². The van der Waals surface area contributed by atoms with Crippen molar-refractivity contribution < 1.29 is 14.1 Å². The molecule has 1 N–H and O–H groups in total. The normalized spacial score (nSPS) is 12.1. The second kappa shape index (κ2) is 9.07. The Balaban J connectivity index is 1.82. The Morgan fingerprint density at radius 1 is 1.23 bits per heavy atom. The van der Waals surface area contributed by atoms with Crippen molar-refractivity contribution >= 4 is 29.3 Å². The Kier molecular flexibility index (Phi) is 6.30. The van der Waals surface area contributed by atoms with Gasteiger partial charge in [0.2, 0.25) is 0 Å². The van der Waals surface area contributed by atoms with Crippen LogP contribution in [0.25, 0.3) is 17.4 Å². The standard InChI is InChI=1S/C22H16ClN3O4/c1-14(15-5-3-2-4-6-15)25-22(27)16(13-24)11-18-8-10-21(30-18)19-12-17(26(28)29)7-9-20(19)23/h2-12,14H,1H3,(H,25,27)/b16-11+/t14-/m0/s1. The third-order valence-corrected chi connectivity index (χ3v) is 4.68. The summed E-state index contributed by atoms with van der Waals surface area (Å²) in [4.78, 5) is 22.9. The zero-order valence-electron chi connectivity index (χ0n) is 15.8. The van der Waals surface area contributed by atoms with Gasteiger partial charge in [0, 0.05) is 23.8 Å². The molecule has 30 heavy (non-hydrogen) atoms. The van der Waals surface area contributed by atoms with E-state index in [1.165, 1.54) is 24.3 Å². The largest absolute Gasteiger partial charge is 0.457 e. The molecular formula is C22H16ClN3O4. The number of halogens is 1. The molecule has 0 aliphatic carbocycles. The number of hydrogen-bond acceptors (Lipinski definition) is 5. The highest BCUT2D eigenvalue weighted by Gasteiger charge is 2.16. The number of nitriles is 1. The molecule has 8 heteroatoms. The number of amides is 1. The van der Waals surface area contributed by atoms with Crippen LogP contribution in [0.2, 0.25) is 5.02 Å². The first-order valence-electron chi connectivity index (χ1n) is 8.91. The summed E-state index contributed by atoms with van der Waals surface area (Å²) >= 11 is 6.13. The predicted molar refractivity (Wildman–Crippen MR) is 112 cm³/mol. The number of nitro groups is 1. The summed E-state index contributed by atoms with van der Waals surface area (Å²) in [5.74, 6) is -0.0166. The molecule has 0 radical (unpaired) electrons. The molecule has 2 aromatic carbocycles. The fraction of sp³-hybridized carbons (Fsp3) is 0.0909. The van der Waals surface area contributed by atoms with E-state index in [2.05, 4.69) is 5.32 Å². The molecule has 0 unspecified atom stereocenters. The van der Waals surface area contributed by atoms with Crippen LogP contribution in [-0.4, -0.2) is 10.8 Å². The molecule has 0 spiro atoms. The minimum absolute atomic E-state index is 0.130. The number of rotatable bonds is 6. The van der Waals surface area contributed by atoms with Gasteiger partial charge < -0.3 is 9.73 Å². The van der Waals surface area contributed by atoms with Crippen LogP contribution in [0.5, 0.6) is 0 Å². The summed E-state index contributed by atoms with van der Waals surface area (Å²) in [6.45, 7) is 1.82. The Morgan fingerprint density at radius 2 is 1.97 bits per heavy atom. The molecule has 7 nitrogen and oxygen atoms in total. The third kappa shape index (κ3) is 4.74. The average molecular weight is 422 g/mol. The number of nitrogens with one attached hydrogen (secondary N) is 1. The van der Waals surface area contributed by atoms with Crippen LogP contribution < -0.4 is 5.32 Å². The van der Waals surface area contributed by atoms with Crippen LogP contribution in [-0.2, 0) is 4.79 Å². The van der Waals surface area contributed by atoms with Gasteiger partial charge in [0.25, 0.3) is 11.6 Å². The quantitative estimate of drug-likeness (QED) is 0.251. The van der Waals surface area contributed by atoms with Crippen molar-refractivity contribution in [1.29, 1.82) is 5.26 Å². The van der Waals surface area contributed by atoms with Gasteiger partial charge >= 0.3 is 0 Å². The van der Waals surface area contributed by atoms with Gasteiger partial charge in [0.05, 0.1) is 16.0 Å². The lowest BCUT2D eigenvalue weighted by Gasteiger charge is -2.13. The Bertz CT molecular complexity index is 1160. The summed E-state index contributed by atoms with van der Waals surface area (Å²) in [6.07, 6.45) is 1.31. The fourth-order valence-electron chi connectivity index (χ4n) is 2.78. The van der Waals surface area contributed by atoms with Gasteiger partial charge in [-0.1, -0.05) is 41.9 Å². The molecule has 3 rings (SSSR count). The Hall–Kier alpha value is -3.89. The Labute approximate surface area is 177 Å². The van der Waals surface area contributed by atoms with Gasteiger partial charge in [-0.3, -0.25) is 14.9 Å². The monoisotopic (exact) mass is 421 g/mol. The van der Waals surface area contributed by atoms with Gasteiger partial charge in [-0.15, -0.1) is 0 Å². The fourth-order valence-corrected chi connectivity index (χ4v) is 2.99. The van der Waals surface area contributed by atoms with Crippen molar-refractivity contribution in [2.45, 2.75) is 13.0 Å². The van der Waals surface area contributed by atoms with Gasteiger partial charge in [-0.2, -0.15) is 5.26 Å². The van der Waals surface area contributed by atoms with Gasteiger partial charge in [0.15, 0.2) is 0 Å². The third-order valence-electron chi connectivity index (χ3n) is 4.35. The molecule has 0 fully saturated rings. The number of carbonyl (C=O) groups is 1. The van der Waals surface area contributed by atoms with E-state index in [-0.39, 0.29) is 33.8 Å². The van der Waals surface area contributed by atoms with Crippen LogP contribution in [0.15, 0.2) is 70.7 Å².